The number of halogens is 3. The monoisotopic (exact) mass is 235 g/mol. The summed E-state index contributed by atoms with van der Waals surface area (Å²) in [5.41, 5.74) is 0. The zero-order valence-electron chi connectivity index (χ0n) is 4.71. The van der Waals surface area contributed by atoms with E-state index in [1.807, 2.05) is 0 Å². The van der Waals surface area contributed by atoms with Crippen molar-refractivity contribution in [3.05, 3.63) is 9.62 Å². The van der Waals surface area contributed by atoms with Gasteiger partial charge in [-0.1, -0.05) is 38.4 Å². The summed E-state index contributed by atoms with van der Waals surface area (Å²) in [6.45, 7) is 0. The Morgan fingerprint density at radius 3 is 2.18 bits per heavy atom. The average Bonchev–Trinajstić information content (AvgIpc) is 2.08. The summed E-state index contributed by atoms with van der Waals surface area (Å²) in [4.78, 5) is 3.31. The Kier molecular flexibility index (Phi) is 2.38. The molecule has 0 bridgehead atoms. The van der Waals surface area contributed by atoms with Gasteiger partial charge in [0, 0.05) is 0 Å². The van der Waals surface area contributed by atoms with E-state index in [0.29, 0.717) is 11.3 Å². The first-order valence-electron chi connectivity index (χ1n) is 2.18. The van der Waals surface area contributed by atoms with Crippen molar-refractivity contribution in [1.29, 1.82) is 0 Å². The maximum absolute atomic E-state index is 12.2. The third kappa shape index (κ3) is 2.02. The van der Waals surface area contributed by atoms with Crippen LogP contribution in [0.3, 0.4) is 0 Å². The molecule has 11 heavy (non-hydrogen) atoms. The molecule has 1 heterocycles. The van der Waals surface area contributed by atoms with Gasteiger partial charge in [0.05, 0.1) is 0 Å². The number of hydrogen-bond donors (Lipinski definition) is 0. The third-order valence-electron chi connectivity index (χ3n) is 0.753. The zero-order valence-corrected chi connectivity index (χ0v) is 7.86. The lowest BCUT2D eigenvalue weighted by atomic mass is 11.0. The summed E-state index contributed by atoms with van der Waals surface area (Å²) in [7, 11) is -4.77. The van der Waals surface area contributed by atoms with Gasteiger partial charge < -0.3 is 0 Å². The van der Waals surface area contributed by atoms with Gasteiger partial charge in [0.1, 0.15) is 0 Å². The molecule has 62 valence electrons. The van der Waals surface area contributed by atoms with Crippen LogP contribution in [0.1, 0.15) is 0 Å². The van der Waals surface area contributed by atoms with Crippen LogP contribution in [0.4, 0.5) is 3.89 Å². The fourth-order valence-corrected chi connectivity index (χ4v) is 2.74. The van der Waals surface area contributed by atoms with E-state index in [9.17, 15) is 12.3 Å². The van der Waals surface area contributed by atoms with Gasteiger partial charge in [-0.15, -0.1) is 0 Å². The van der Waals surface area contributed by atoms with Crippen molar-refractivity contribution in [3.63, 3.8) is 0 Å². The minimum absolute atomic E-state index is 0.105. The fraction of sp³-hybridized carbons (Fsp3) is 0. The lowest BCUT2D eigenvalue weighted by Crippen LogP contribution is -1.87. The summed E-state index contributed by atoms with van der Waals surface area (Å²) >= 11 is 11.0. The van der Waals surface area contributed by atoms with Crippen molar-refractivity contribution in [2.45, 2.75) is 4.21 Å². The molecule has 1 aromatic rings. The van der Waals surface area contributed by atoms with Crippen molar-refractivity contribution < 1.29 is 12.3 Å². The third-order valence-corrected chi connectivity index (χ3v) is 3.69. The molecule has 0 N–H and O–H groups in total. The van der Waals surface area contributed by atoms with Gasteiger partial charge in [-0.2, -0.15) is 8.42 Å². The Balaban J connectivity index is 3.36. The Bertz CT molecular complexity index is 373. The average molecular weight is 236 g/mol. The van der Waals surface area contributed by atoms with Crippen LogP contribution in [-0.4, -0.2) is 13.4 Å². The number of rotatable bonds is 1. The van der Waals surface area contributed by atoms with Crippen molar-refractivity contribution >= 4 is 44.8 Å². The lowest BCUT2D eigenvalue weighted by Gasteiger charge is -1.84. The van der Waals surface area contributed by atoms with Gasteiger partial charge >= 0.3 is 10.2 Å². The summed E-state index contributed by atoms with van der Waals surface area (Å²) in [5, 5.41) is -0.428. The van der Waals surface area contributed by atoms with Crippen LogP contribution in [0.5, 0.6) is 0 Å². The first-order chi connectivity index (χ1) is 4.91. The predicted octanol–water partition coefficient (Wildman–Crippen LogP) is 2.11. The molecule has 1 aromatic heterocycles. The van der Waals surface area contributed by atoms with Crippen LogP contribution in [0.15, 0.2) is 4.21 Å². The van der Waals surface area contributed by atoms with E-state index in [-0.39, 0.29) is 4.47 Å². The topological polar surface area (TPSA) is 47.0 Å². The van der Waals surface area contributed by atoms with Gasteiger partial charge in [-0.3, -0.25) is 0 Å². The molecule has 8 heteroatoms. The molecule has 0 atom stereocenters. The highest BCUT2D eigenvalue weighted by molar-refractivity contribution is 7.88. The highest BCUT2D eigenvalue weighted by Gasteiger charge is 2.21. The van der Waals surface area contributed by atoms with Crippen molar-refractivity contribution in [1.82, 2.24) is 4.98 Å². The van der Waals surface area contributed by atoms with Crippen LogP contribution >= 0.6 is 34.5 Å². The van der Waals surface area contributed by atoms with Gasteiger partial charge in [0.15, 0.2) is 13.8 Å². The van der Waals surface area contributed by atoms with Crippen molar-refractivity contribution in [2.24, 2.45) is 0 Å². The molecule has 0 aliphatic rings. The van der Waals surface area contributed by atoms with Gasteiger partial charge in [-0.25, -0.2) is 4.98 Å². The first-order valence-corrected chi connectivity index (χ1v) is 5.13. The number of aromatic nitrogens is 1. The number of thiazole rings is 1. The molecule has 0 spiro atoms. The smallest absolute Gasteiger partial charge is 0.211 e. The second-order valence-corrected chi connectivity index (χ2v) is 4.96. The largest absolute Gasteiger partial charge is 0.344 e. The Morgan fingerprint density at radius 1 is 1.45 bits per heavy atom. The maximum Gasteiger partial charge on any atom is 0.344 e. The van der Waals surface area contributed by atoms with Gasteiger partial charge in [-0.05, 0) is 0 Å². The first kappa shape index (κ1) is 9.18. The van der Waals surface area contributed by atoms with E-state index in [0.717, 1.165) is 0 Å². The van der Waals surface area contributed by atoms with E-state index in [1.54, 1.807) is 0 Å². The SMILES string of the molecule is O=S(=O)(F)c1sc(Cl)nc1Cl. The second-order valence-electron chi connectivity index (χ2n) is 1.48. The molecule has 0 amide bonds. The van der Waals surface area contributed by atoms with Crippen molar-refractivity contribution in [2.75, 3.05) is 0 Å². The van der Waals surface area contributed by atoms with E-state index in [2.05, 4.69) is 4.98 Å². The van der Waals surface area contributed by atoms with E-state index < -0.39 is 19.6 Å². The molecule has 0 aromatic carbocycles. The molecule has 0 fully saturated rings. The predicted molar refractivity (Wildman–Crippen MR) is 40.4 cm³/mol. The Hall–Kier alpha value is 0.0900. The quantitative estimate of drug-likeness (QED) is 0.701. The van der Waals surface area contributed by atoms with Crippen LogP contribution in [0.25, 0.3) is 0 Å². The molecule has 0 saturated heterocycles. The van der Waals surface area contributed by atoms with E-state index in [4.69, 9.17) is 23.2 Å². The Morgan fingerprint density at radius 2 is 2.00 bits per heavy atom. The minimum Gasteiger partial charge on any atom is -0.211 e. The van der Waals surface area contributed by atoms with Crippen LogP contribution in [-0.2, 0) is 10.2 Å². The minimum atomic E-state index is -4.77. The maximum atomic E-state index is 12.2. The molecule has 0 aliphatic heterocycles. The van der Waals surface area contributed by atoms with Gasteiger partial charge in [0.2, 0.25) is 0 Å². The van der Waals surface area contributed by atoms with Crippen LogP contribution < -0.4 is 0 Å². The summed E-state index contributed by atoms with van der Waals surface area (Å²) < 4.78 is 31.9. The highest BCUT2D eigenvalue weighted by Crippen LogP contribution is 2.31. The fourth-order valence-electron chi connectivity index (χ4n) is 0.415. The zero-order chi connectivity index (χ0) is 8.65. The molecular weight excluding hydrogens is 236 g/mol. The molecule has 3 nitrogen and oxygen atoms in total. The highest BCUT2D eigenvalue weighted by atomic mass is 35.5. The van der Waals surface area contributed by atoms with Crippen LogP contribution in [0.2, 0.25) is 9.62 Å². The summed E-state index contributed by atoms with van der Waals surface area (Å²) in [6.07, 6.45) is 0. The molecule has 0 unspecified atom stereocenters. The second kappa shape index (κ2) is 2.85. The molecule has 0 aliphatic carbocycles. The summed E-state index contributed by atoms with van der Waals surface area (Å²) in [5.74, 6) is 0. The van der Waals surface area contributed by atoms with Crippen LogP contribution in [0, 0.1) is 0 Å². The molecule has 0 saturated carbocycles. The van der Waals surface area contributed by atoms with Gasteiger partial charge in [0.25, 0.3) is 0 Å². The Labute approximate surface area is 76.0 Å². The summed E-state index contributed by atoms with van der Waals surface area (Å²) in [6, 6.07) is 0. The van der Waals surface area contributed by atoms with E-state index >= 15 is 0 Å². The number of hydrogen-bond acceptors (Lipinski definition) is 4. The van der Waals surface area contributed by atoms with Crippen molar-refractivity contribution in [3.8, 4) is 0 Å². The molecular formula is C3Cl2FNO2S2. The molecule has 0 radical (unpaired) electrons. The molecule has 1 rings (SSSR count). The number of nitrogens with zero attached hydrogens (tertiary/aromatic N) is 1. The normalized spacial score (nSPS) is 11.9. The lowest BCUT2D eigenvalue weighted by molar-refractivity contribution is 0.554. The van der Waals surface area contributed by atoms with E-state index in [1.165, 1.54) is 0 Å². The standard InChI is InChI=1S/C3Cl2FNO2S2/c4-1-2(11(6,8)9)10-3(5)7-1.